The molecule has 4 atom stereocenters. The van der Waals surface area contributed by atoms with Gasteiger partial charge in [-0.1, -0.05) is 60.7 Å². The Labute approximate surface area is 258 Å². The zero-order valence-electron chi connectivity index (χ0n) is 25.7. The van der Waals surface area contributed by atoms with E-state index in [-0.39, 0.29) is 25.8 Å². The molecule has 1 aliphatic heterocycles. The first-order valence-corrected chi connectivity index (χ1v) is 14.8. The van der Waals surface area contributed by atoms with Crippen LogP contribution >= 0.6 is 0 Å². The molecule has 0 aromatic heterocycles. The molecule has 0 spiro atoms. The first-order chi connectivity index (χ1) is 21.2. The van der Waals surface area contributed by atoms with Crippen molar-refractivity contribution in [3.63, 3.8) is 0 Å². The lowest BCUT2D eigenvalue weighted by molar-refractivity contribution is -0.153. The summed E-state index contributed by atoms with van der Waals surface area (Å²) in [4.78, 5) is 41.9. The number of rotatable bonds is 9. The number of amides is 2. The molecule has 3 aromatic carbocycles. The summed E-state index contributed by atoms with van der Waals surface area (Å²) < 4.78 is 11.3. The van der Waals surface area contributed by atoms with Gasteiger partial charge in [0.2, 0.25) is 11.8 Å². The Morgan fingerprint density at radius 3 is 2.48 bits per heavy atom. The summed E-state index contributed by atoms with van der Waals surface area (Å²) in [6.45, 7) is 0.585. The molecule has 0 aliphatic carbocycles. The summed E-state index contributed by atoms with van der Waals surface area (Å²) in [5.74, 6) is -0.849. The zero-order chi connectivity index (χ0) is 31.6. The molecule has 0 unspecified atom stereocenters. The summed E-state index contributed by atoms with van der Waals surface area (Å²) in [7, 11) is 6.17. The molecular weight excluding hydrogens is 560 g/mol. The van der Waals surface area contributed by atoms with Gasteiger partial charge in [-0.15, -0.1) is 0 Å². The van der Waals surface area contributed by atoms with Crippen LogP contribution in [0.2, 0.25) is 0 Å². The Balaban J connectivity index is 1.78. The minimum Gasteiger partial charge on any atom is -0.489 e. The quantitative estimate of drug-likeness (QED) is 0.274. The van der Waals surface area contributed by atoms with Crippen molar-refractivity contribution < 1.29 is 29.0 Å². The van der Waals surface area contributed by atoms with Gasteiger partial charge in [-0.2, -0.15) is 0 Å². The van der Waals surface area contributed by atoms with Crippen molar-refractivity contribution in [3.05, 3.63) is 89.5 Å². The van der Waals surface area contributed by atoms with Crippen LogP contribution < -0.4 is 20.7 Å². The van der Waals surface area contributed by atoms with Crippen LogP contribution in [0.3, 0.4) is 0 Å². The molecule has 44 heavy (non-hydrogen) atoms. The minimum absolute atomic E-state index is 0.0452. The number of hydrogen-bond donors (Lipinski definition) is 4. The van der Waals surface area contributed by atoms with E-state index >= 15 is 0 Å². The third-order valence-corrected chi connectivity index (χ3v) is 7.93. The van der Waals surface area contributed by atoms with Gasteiger partial charge in [-0.3, -0.25) is 9.59 Å². The van der Waals surface area contributed by atoms with Gasteiger partial charge in [0, 0.05) is 32.9 Å². The standard InChI is InChI=1S/C34H42N4O6/c1-35-20-27(39)19-29-33(41)38(3)30(34(42)43-4)16-23-11-8-12-24(15-23)25-13-14-31(44-21-22-9-6-5-7-10-22)26(17-25)18-28(36-2)32(40)37-29/h5-15,17,27-30,35-36,39H,16,18-21H2,1-4H3,(H,37,40)/t27-,28+,29+,30+/m1/s1. The first kappa shape index (κ1) is 32.7. The van der Waals surface area contributed by atoms with Crippen LogP contribution in [0.4, 0.5) is 0 Å². The van der Waals surface area contributed by atoms with Crippen molar-refractivity contribution in [2.75, 3.05) is 34.8 Å². The summed E-state index contributed by atoms with van der Waals surface area (Å²) in [5, 5.41) is 19.4. The molecule has 0 radical (unpaired) electrons. The van der Waals surface area contributed by atoms with E-state index in [0.29, 0.717) is 12.4 Å². The number of nitrogens with one attached hydrogen (secondary N) is 3. The van der Waals surface area contributed by atoms with E-state index in [9.17, 15) is 19.5 Å². The van der Waals surface area contributed by atoms with Gasteiger partial charge in [0.05, 0.1) is 19.3 Å². The normalized spacial score (nSPS) is 19.8. The van der Waals surface area contributed by atoms with Crippen molar-refractivity contribution >= 4 is 17.8 Å². The lowest BCUT2D eigenvalue weighted by Crippen LogP contribution is -2.57. The molecule has 3 aromatic rings. The predicted molar refractivity (Wildman–Crippen MR) is 168 cm³/mol. The van der Waals surface area contributed by atoms with E-state index in [4.69, 9.17) is 9.47 Å². The van der Waals surface area contributed by atoms with E-state index in [2.05, 4.69) is 16.0 Å². The van der Waals surface area contributed by atoms with Gasteiger partial charge < -0.3 is 35.4 Å². The number of aliphatic hydroxyl groups excluding tert-OH is 1. The number of ether oxygens (including phenoxy) is 2. The maximum Gasteiger partial charge on any atom is 0.328 e. The second kappa shape index (κ2) is 15.5. The molecule has 0 saturated carbocycles. The van der Waals surface area contributed by atoms with Crippen molar-refractivity contribution in [1.82, 2.24) is 20.9 Å². The molecule has 10 heteroatoms. The lowest BCUT2D eigenvalue weighted by Gasteiger charge is -2.31. The summed E-state index contributed by atoms with van der Waals surface area (Å²) >= 11 is 0. The maximum atomic E-state index is 13.9. The number of nitrogens with zero attached hydrogens (tertiary/aromatic N) is 1. The van der Waals surface area contributed by atoms with Gasteiger partial charge in [-0.25, -0.2) is 4.79 Å². The van der Waals surface area contributed by atoms with Crippen molar-refractivity contribution in [2.45, 2.75) is 50.1 Å². The van der Waals surface area contributed by atoms with Crippen LogP contribution in [-0.2, 0) is 38.6 Å². The van der Waals surface area contributed by atoms with Crippen molar-refractivity contribution in [3.8, 4) is 16.9 Å². The van der Waals surface area contributed by atoms with Crippen LogP contribution in [0.1, 0.15) is 23.1 Å². The summed E-state index contributed by atoms with van der Waals surface area (Å²) in [5.41, 5.74) is 4.51. The average Bonchev–Trinajstić information content (AvgIpc) is 3.04. The number of benzene rings is 3. The fraction of sp³-hybridized carbons (Fsp3) is 0.382. The van der Waals surface area contributed by atoms with E-state index in [1.54, 1.807) is 14.1 Å². The predicted octanol–water partition coefficient (Wildman–Crippen LogP) is 2.07. The molecule has 2 amide bonds. The Kier molecular flexibility index (Phi) is 11.5. The number of methoxy groups -OCH3 is 1. The number of fused-ring (bicyclic) bond motifs is 5. The van der Waals surface area contributed by atoms with Gasteiger partial charge in [0.1, 0.15) is 24.4 Å². The van der Waals surface area contributed by atoms with E-state index in [1.807, 2.05) is 72.8 Å². The molecule has 0 saturated heterocycles. The molecule has 234 valence electrons. The van der Waals surface area contributed by atoms with Crippen LogP contribution in [0.15, 0.2) is 72.8 Å². The Morgan fingerprint density at radius 1 is 1.02 bits per heavy atom. The molecule has 0 fully saturated rings. The number of carbonyl (C=O) groups is 3. The van der Waals surface area contributed by atoms with Crippen LogP contribution in [0, 0.1) is 0 Å². The van der Waals surface area contributed by atoms with E-state index in [1.165, 1.54) is 19.1 Å². The fourth-order valence-electron chi connectivity index (χ4n) is 5.44. The largest absolute Gasteiger partial charge is 0.489 e. The fourth-order valence-corrected chi connectivity index (χ4v) is 5.44. The number of likely N-dealkylation sites (N-methyl/N-ethyl adjacent to an activating group) is 3. The van der Waals surface area contributed by atoms with Gasteiger partial charge >= 0.3 is 5.97 Å². The highest BCUT2D eigenvalue weighted by Gasteiger charge is 2.35. The molecule has 1 heterocycles. The van der Waals surface area contributed by atoms with Crippen molar-refractivity contribution in [1.29, 1.82) is 0 Å². The number of esters is 1. The third-order valence-electron chi connectivity index (χ3n) is 7.93. The Bertz CT molecular complexity index is 1430. The van der Waals surface area contributed by atoms with Gasteiger partial charge in [0.15, 0.2) is 0 Å². The Morgan fingerprint density at radius 2 is 1.77 bits per heavy atom. The van der Waals surface area contributed by atoms with Crippen molar-refractivity contribution in [2.24, 2.45) is 0 Å². The van der Waals surface area contributed by atoms with E-state index < -0.39 is 42.0 Å². The van der Waals surface area contributed by atoms with Gasteiger partial charge in [0.25, 0.3) is 0 Å². The molecule has 4 N–H and O–H groups in total. The topological polar surface area (TPSA) is 129 Å². The SMILES string of the molecule is CNC[C@H](O)C[C@@H]1NC(=O)[C@@H](NC)Cc2cc(ccc2OCc2ccccc2)-c2cccc(c2)C[C@@H](C(=O)OC)N(C)C1=O. The highest BCUT2D eigenvalue weighted by molar-refractivity contribution is 5.92. The summed E-state index contributed by atoms with van der Waals surface area (Å²) in [6.07, 6.45) is -0.482. The molecule has 4 bridgehead atoms. The number of aliphatic hydroxyl groups is 1. The monoisotopic (exact) mass is 602 g/mol. The molecule has 4 rings (SSSR count). The second-order valence-corrected chi connectivity index (χ2v) is 11.0. The van der Waals surface area contributed by atoms with E-state index in [0.717, 1.165) is 27.8 Å². The molecule has 10 nitrogen and oxygen atoms in total. The molecular formula is C34H42N4O6. The minimum atomic E-state index is -1.09. The third kappa shape index (κ3) is 8.22. The van der Waals surface area contributed by atoms with Crippen LogP contribution in [0.25, 0.3) is 11.1 Å². The highest BCUT2D eigenvalue weighted by Crippen LogP contribution is 2.30. The maximum absolute atomic E-state index is 13.9. The summed E-state index contributed by atoms with van der Waals surface area (Å²) in [6, 6.07) is 20.8. The Hall–Kier alpha value is -4.25. The smallest absolute Gasteiger partial charge is 0.328 e. The number of carbonyl (C=O) groups excluding carboxylic acids is 3. The van der Waals surface area contributed by atoms with Gasteiger partial charge in [-0.05, 0) is 54.0 Å². The average molecular weight is 603 g/mol. The second-order valence-electron chi connectivity index (χ2n) is 11.0. The van der Waals surface area contributed by atoms with Crippen LogP contribution in [0.5, 0.6) is 5.75 Å². The lowest BCUT2D eigenvalue weighted by atomic mass is 9.95. The highest BCUT2D eigenvalue weighted by atomic mass is 16.5. The number of hydrogen-bond acceptors (Lipinski definition) is 8. The van der Waals surface area contributed by atoms with Crippen LogP contribution in [-0.4, -0.2) is 86.8 Å². The first-order valence-electron chi connectivity index (χ1n) is 14.8. The zero-order valence-corrected chi connectivity index (χ0v) is 25.7. The molecule has 1 aliphatic rings.